The number of rotatable bonds is 7. The highest BCUT2D eigenvalue weighted by molar-refractivity contribution is 5.29. The van der Waals surface area contributed by atoms with Crippen LogP contribution in [0.2, 0.25) is 0 Å². The van der Waals surface area contributed by atoms with Gasteiger partial charge in [0.25, 0.3) is 0 Å². The molecule has 0 spiro atoms. The zero-order valence-electron chi connectivity index (χ0n) is 10.5. The van der Waals surface area contributed by atoms with Crippen molar-refractivity contribution in [3.05, 3.63) is 0 Å². The first-order valence-electron chi connectivity index (χ1n) is 5.95. The molecule has 5 heteroatoms. The lowest BCUT2D eigenvalue weighted by molar-refractivity contribution is 0.342. The summed E-state index contributed by atoms with van der Waals surface area (Å²) >= 11 is 0. The molecule has 0 bridgehead atoms. The predicted molar refractivity (Wildman–Crippen MR) is 67.2 cm³/mol. The van der Waals surface area contributed by atoms with Crippen molar-refractivity contribution in [1.29, 1.82) is 0 Å². The van der Waals surface area contributed by atoms with Crippen molar-refractivity contribution in [2.75, 3.05) is 17.6 Å². The van der Waals surface area contributed by atoms with E-state index < -0.39 is 0 Å². The first-order chi connectivity index (χ1) is 7.53. The quantitative estimate of drug-likeness (QED) is 0.622. The standard InChI is InChI=1S/C11H23N5/c1-4-5-6-7-11(2,3)8-13-10-14-9(12)15-16-10/h4-8H2,1-3H3,(H4,12,13,14,15,16). The lowest BCUT2D eigenvalue weighted by Crippen LogP contribution is -2.23. The third-order valence-electron chi connectivity index (χ3n) is 2.68. The Balaban J connectivity index is 2.29. The van der Waals surface area contributed by atoms with Crippen LogP contribution >= 0.6 is 0 Å². The minimum Gasteiger partial charge on any atom is -0.368 e. The topological polar surface area (TPSA) is 79.6 Å². The summed E-state index contributed by atoms with van der Waals surface area (Å²) in [5.74, 6) is 0.937. The third kappa shape index (κ3) is 4.51. The van der Waals surface area contributed by atoms with Crippen LogP contribution in [-0.2, 0) is 0 Å². The first kappa shape index (κ1) is 12.8. The average Bonchev–Trinajstić information content (AvgIpc) is 2.62. The van der Waals surface area contributed by atoms with Gasteiger partial charge >= 0.3 is 0 Å². The first-order valence-corrected chi connectivity index (χ1v) is 5.95. The van der Waals surface area contributed by atoms with Crippen LogP contribution in [0.4, 0.5) is 11.9 Å². The zero-order chi connectivity index (χ0) is 12.0. The fourth-order valence-corrected chi connectivity index (χ4v) is 1.61. The highest BCUT2D eigenvalue weighted by Crippen LogP contribution is 2.23. The van der Waals surface area contributed by atoms with Gasteiger partial charge in [-0.3, -0.25) is 0 Å². The number of aromatic amines is 1. The Morgan fingerprint density at radius 2 is 2.12 bits per heavy atom. The van der Waals surface area contributed by atoms with E-state index in [-0.39, 0.29) is 5.41 Å². The Bertz CT molecular complexity index is 305. The molecule has 1 rings (SSSR count). The van der Waals surface area contributed by atoms with Gasteiger partial charge in [-0.2, -0.15) is 4.98 Å². The summed E-state index contributed by atoms with van der Waals surface area (Å²) in [6.45, 7) is 7.60. The summed E-state index contributed by atoms with van der Waals surface area (Å²) in [5.41, 5.74) is 5.72. The maximum absolute atomic E-state index is 5.45. The second-order valence-electron chi connectivity index (χ2n) is 5.02. The molecule has 1 heterocycles. The van der Waals surface area contributed by atoms with Crippen molar-refractivity contribution in [3.8, 4) is 0 Å². The Morgan fingerprint density at radius 1 is 1.38 bits per heavy atom. The van der Waals surface area contributed by atoms with Gasteiger partial charge < -0.3 is 11.1 Å². The molecule has 0 radical (unpaired) electrons. The Labute approximate surface area is 97.2 Å². The van der Waals surface area contributed by atoms with E-state index in [2.05, 4.69) is 41.3 Å². The summed E-state index contributed by atoms with van der Waals surface area (Å²) in [4.78, 5) is 4.01. The van der Waals surface area contributed by atoms with Gasteiger partial charge in [0.2, 0.25) is 11.9 Å². The average molecular weight is 225 g/mol. The number of hydrogen-bond donors (Lipinski definition) is 3. The van der Waals surface area contributed by atoms with Crippen LogP contribution in [0.3, 0.4) is 0 Å². The highest BCUT2D eigenvalue weighted by atomic mass is 15.3. The molecule has 92 valence electrons. The van der Waals surface area contributed by atoms with Crippen molar-refractivity contribution in [1.82, 2.24) is 15.2 Å². The number of nitrogens with two attached hydrogens (primary N) is 1. The van der Waals surface area contributed by atoms with Gasteiger partial charge in [-0.25, -0.2) is 5.10 Å². The van der Waals surface area contributed by atoms with E-state index in [1.165, 1.54) is 25.7 Å². The van der Waals surface area contributed by atoms with E-state index in [0.717, 1.165) is 6.54 Å². The van der Waals surface area contributed by atoms with Gasteiger partial charge in [-0.1, -0.05) is 40.0 Å². The van der Waals surface area contributed by atoms with Gasteiger partial charge in [0.1, 0.15) is 0 Å². The molecule has 1 aromatic heterocycles. The lowest BCUT2D eigenvalue weighted by Gasteiger charge is -2.24. The van der Waals surface area contributed by atoms with E-state index in [0.29, 0.717) is 11.9 Å². The molecule has 0 atom stereocenters. The zero-order valence-corrected chi connectivity index (χ0v) is 10.5. The number of nitrogens with zero attached hydrogens (tertiary/aromatic N) is 2. The largest absolute Gasteiger partial charge is 0.368 e. The summed E-state index contributed by atoms with van der Waals surface area (Å²) in [6.07, 6.45) is 5.06. The monoisotopic (exact) mass is 225 g/mol. The normalized spacial score (nSPS) is 11.7. The van der Waals surface area contributed by atoms with E-state index in [1.807, 2.05) is 0 Å². The van der Waals surface area contributed by atoms with Crippen LogP contribution in [0.15, 0.2) is 0 Å². The summed E-state index contributed by atoms with van der Waals surface area (Å²) < 4.78 is 0. The molecule has 0 saturated carbocycles. The second kappa shape index (κ2) is 5.72. The Morgan fingerprint density at radius 3 is 2.69 bits per heavy atom. The van der Waals surface area contributed by atoms with Crippen LogP contribution in [-0.4, -0.2) is 21.7 Å². The van der Waals surface area contributed by atoms with Crippen LogP contribution in [0.1, 0.15) is 46.5 Å². The summed E-state index contributed by atoms with van der Waals surface area (Å²) in [5, 5.41) is 9.75. The van der Waals surface area contributed by atoms with Crippen molar-refractivity contribution in [2.45, 2.75) is 46.5 Å². The van der Waals surface area contributed by atoms with Crippen LogP contribution < -0.4 is 11.1 Å². The van der Waals surface area contributed by atoms with Crippen molar-refractivity contribution in [2.24, 2.45) is 5.41 Å². The number of aromatic nitrogens is 3. The molecule has 0 fully saturated rings. The van der Waals surface area contributed by atoms with Crippen LogP contribution in [0.5, 0.6) is 0 Å². The number of nitrogen functional groups attached to an aromatic ring is 1. The number of hydrogen-bond acceptors (Lipinski definition) is 4. The van der Waals surface area contributed by atoms with E-state index in [4.69, 9.17) is 5.73 Å². The minimum atomic E-state index is 0.268. The molecular weight excluding hydrogens is 202 g/mol. The molecule has 0 aliphatic heterocycles. The van der Waals surface area contributed by atoms with Crippen LogP contribution in [0, 0.1) is 5.41 Å². The van der Waals surface area contributed by atoms with Gasteiger partial charge in [0.05, 0.1) is 0 Å². The maximum Gasteiger partial charge on any atom is 0.243 e. The smallest absolute Gasteiger partial charge is 0.243 e. The van der Waals surface area contributed by atoms with Crippen molar-refractivity contribution in [3.63, 3.8) is 0 Å². The number of anilines is 2. The number of H-pyrrole nitrogens is 1. The van der Waals surface area contributed by atoms with Crippen molar-refractivity contribution >= 4 is 11.9 Å². The van der Waals surface area contributed by atoms with Gasteiger partial charge in [-0.15, -0.1) is 5.10 Å². The van der Waals surface area contributed by atoms with Gasteiger partial charge in [-0.05, 0) is 11.8 Å². The molecule has 1 aromatic rings. The summed E-state index contributed by atoms with van der Waals surface area (Å²) in [7, 11) is 0. The predicted octanol–water partition coefficient (Wildman–Crippen LogP) is 2.41. The van der Waals surface area contributed by atoms with E-state index in [9.17, 15) is 0 Å². The Kier molecular flexibility index (Phi) is 4.58. The molecule has 0 aromatic carbocycles. The number of nitrogens with one attached hydrogen (secondary N) is 2. The third-order valence-corrected chi connectivity index (χ3v) is 2.68. The molecule has 16 heavy (non-hydrogen) atoms. The molecule has 0 amide bonds. The molecule has 5 nitrogen and oxygen atoms in total. The fourth-order valence-electron chi connectivity index (χ4n) is 1.61. The summed E-state index contributed by atoms with van der Waals surface area (Å²) in [6, 6.07) is 0. The van der Waals surface area contributed by atoms with Gasteiger partial charge in [0, 0.05) is 6.54 Å². The lowest BCUT2D eigenvalue weighted by atomic mass is 9.87. The maximum atomic E-state index is 5.45. The fraction of sp³-hybridized carbons (Fsp3) is 0.818. The van der Waals surface area contributed by atoms with E-state index >= 15 is 0 Å². The number of unbranched alkanes of at least 4 members (excludes halogenated alkanes) is 2. The Hall–Kier alpha value is -1.26. The van der Waals surface area contributed by atoms with Crippen LogP contribution in [0.25, 0.3) is 0 Å². The molecule has 0 saturated heterocycles. The molecule has 0 aliphatic rings. The second-order valence-corrected chi connectivity index (χ2v) is 5.02. The SMILES string of the molecule is CCCCCC(C)(C)CNc1n[nH]c(N)n1. The van der Waals surface area contributed by atoms with Gasteiger partial charge in [0.15, 0.2) is 0 Å². The minimum absolute atomic E-state index is 0.268. The van der Waals surface area contributed by atoms with Crippen molar-refractivity contribution < 1.29 is 0 Å². The van der Waals surface area contributed by atoms with E-state index in [1.54, 1.807) is 0 Å². The molecule has 0 unspecified atom stereocenters. The molecular formula is C11H23N5. The molecule has 0 aliphatic carbocycles. The highest BCUT2D eigenvalue weighted by Gasteiger charge is 2.17. The molecule has 4 N–H and O–H groups in total.